The fourth-order valence-electron chi connectivity index (χ4n) is 2.21. The Labute approximate surface area is 134 Å². The Kier molecular flexibility index (Phi) is 4.43. The number of benzene rings is 3. The quantitative estimate of drug-likeness (QED) is 0.531. The number of carbonyl (C=O) groups is 1. The van der Waals surface area contributed by atoms with Gasteiger partial charge in [0.15, 0.2) is 6.61 Å². The van der Waals surface area contributed by atoms with Crippen LogP contribution in [-0.2, 0) is 4.79 Å². The molecule has 0 spiro atoms. The Morgan fingerprint density at radius 1 is 0.826 bits per heavy atom. The summed E-state index contributed by atoms with van der Waals surface area (Å²) in [6, 6.07) is 20.4. The Morgan fingerprint density at radius 2 is 1.52 bits per heavy atom. The number of ether oxygens (including phenoxy) is 3. The highest BCUT2D eigenvalue weighted by Gasteiger charge is 2.07. The molecule has 0 aliphatic rings. The summed E-state index contributed by atoms with van der Waals surface area (Å²) in [5, 5.41) is 1.99. The molecular weight excluding hydrogens is 292 g/mol. The van der Waals surface area contributed by atoms with Crippen molar-refractivity contribution < 1.29 is 19.0 Å². The van der Waals surface area contributed by atoms with Gasteiger partial charge in [-0.3, -0.25) is 0 Å². The van der Waals surface area contributed by atoms with Crippen molar-refractivity contribution in [1.29, 1.82) is 0 Å². The van der Waals surface area contributed by atoms with Crippen LogP contribution < -0.4 is 14.2 Å². The van der Waals surface area contributed by atoms with Crippen LogP contribution in [0.3, 0.4) is 0 Å². The smallest absolute Gasteiger partial charge is 0.349 e. The minimum atomic E-state index is -0.448. The lowest BCUT2D eigenvalue weighted by atomic mass is 10.1. The fraction of sp³-hybridized carbons (Fsp3) is 0.105. The van der Waals surface area contributed by atoms with Crippen molar-refractivity contribution in [3.63, 3.8) is 0 Å². The maximum atomic E-state index is 11.9. The van der Waals surface area contributed by atoms with Crippen LogP contribution in [0.4, 0.5) is 0 Å². The largest absolute Gasteiger partial charge is 0.497 e. The van der Waals surface area contributed by atoms with Crippen LogP contribution in [0, 0.1) is 0 Å². The van der Waals surface area contributed by atoms with Crippen LogP contribution in [0.25, 0.3) is 10.8 Å². The summed E-state index contributed by atoms with van der Waals surface area (Å²) in [7, 11) is 1.62. The fourth-order valence-corrected chi connectivity index (χ4v) is 2.21. The van der Waals surface area contributed by atoms with Crippen LogP contribution >= 0.6 is 0 Å². The highest BCUT2D eigenvalue weighted by atomic mass is 16.6. The molecule has 0 saturated carbocycles. The molecule has 3 aromatic carbocycles. The Morgan fingerprint density at radius 3 is 2.26 bits per heavy atom. The zero-order valence-corrected chi connectivity index (χ0v) is 12.7. The minimum absolute atomic E-state index is 0.139. The summed E-state index contributed by atoms with van der Waals surface area (Å²) in [5.41, 5.74) is 0. The van der Waals surface area contributed by atoms with Gasteiger partial charge in [-0.15, -0.1) is 0 Å². The van der Waals surface area contributed by atoms with Gasteiger partial charge in [-0.2, -0.15) is 0 Å². The van der Waals surface area contributed by atoms with Crippen LogP contribution in [0.5, 0.6) is 17.2 Å². The van der Waals surface area contributed by atoms with Gasteiger partial charge >= 0.3 is 5.97 Å². The van der Waals surface area contributed by atoms with Crippen molar-refractivity contribution >= 4 is 16.7 Å². The topological polar surface area (TPSA) is 44.8 Å². The monoisotopic (exact) mass is 308 g/mol. The first-order valence-corrected chi connectivity index (χ1v) is 7.21. The molecule has 0 aromatic heterocycles. The summed E-state index contributed by atoms with van der Waals surface area (Å²) >= 11 is 0. The molecule has 0 N–H and O–H groups in total. The first-order valence-electron chi connectivity index (χ1n) is 7.21. The molecule has 0 aliphatic heterocycles. The molecule has 23 heavy (non-hydrogen) atoms. The molecule has 4 heteroatoms. The standard InChI is InChI=1S/C19H16O4/c1-21-17-9-7-14-8-10-18(12-15(14)11-17)23-19(20)13-22-16-5-3-2-4-6-16/h2-12H,13H2,1H3. The lowest BCUT2D eigenvalue weighted by Gasteiger charge is -2.08. The summed E-state index contributed by atoms with van der Waals surface area (Å²) < 4.78 is 15.9. The zero-order chi connectivity index (χ0) is 16.1. The molecular formula is C19H16O4. The Hall–Kier alpha value is -3.01. The first-order chi connectivity index (χ1) is 11.2. The van der Waals surface area contributed by atoms with Gasteiger partial charge in [-0.25, -0.2) is 4.79 Å². The molecule has 3 aromatic rings. The molecule has 0 aliphatic carbocycles. The molecule has 0 saturated heterocycles. The van der Waals surface area contributed by atoms with E-state index in [4.69, 9.17) is 14.2 Å². The van der Waals surface area contributed by atoms with E-state index >= 15 is 0 Å². The minimum Gasteiger partial charge on any atom is -0.497 e. The Bertz CT molecular complexity index is 812. The second-order valence-electron chi connectivity index (χ2n) is 4.95. The van der Waals surface area contributed by atoms with E-state index in [1.54, 1.807) is 31.4 Å². The maximum Gasteiger partial charge on any atom is 0.349 e. The zero-order valence-electron chi connectivity index (χ0n) is 12.7. The number of rotatable bonds is 5. The van der Waals surface area contributed by atoms with E-state index < -0.39 is 5.97 Å². The third kappa shape index (κ3) is 3.80. The average Bonchev–Trinajstić information content (AvgIpc) is 2.60. The Balaban J connectivity index is 1.67. The van der Waals surface area contributed by atoms with Gasteiger partial charge in [0, 0.05) is 0 Å². The summed E-state index contributed by atoms with van der Waals surface area (Å²) in [6.45, 7) is -0.139. The first kappa shape index (κ1) is 14.9. The second-order valence-corrected chi connectivity index (χ2v) is 4.95. The predicted molar refractivity (Wildman–Crippen MR) is 88.1 cm³/mol. The predicted octanol–water partition coefficient (Wildman–Crippen LogP) is 3.83. The van der Waals surface area contributed by atoms with E-state index in [0.717, 1.165) is 16.5 Å². The second kappa shape index (κ2) is 6.83. The summed E-state index contributed by atoms with van der Waals surface area (Å²) in [6.07, 6.45) is 0. The highest BCUT2D eigenvalue weighted by molar-refractivity contribution is 5.86. The van der Waals surface area contributed by atoms with Gasteiger partial charge in [0.1, 0.15) is 17.2 Å². The van der Waals surface area contributed by atoms with Gasteiger partial charge < -0.3 is 14.2 Å². The van der Waals surface area contributed by atoms with Crippen molar-refractivity contribution in [3.8, 4) is 17.2 Å². The van der Waals surface area contributed by atoms with E-state index in [9.17, 15) is 4.79 Å². The van der Waals surface area contributed by atoms with Gasteiger partial charge in [0.2, 0.25) is 0 Å². The summed E-state index contributed by atoms with van der Waals surface area (Å²) in [5.74, 6) is 1.42. The van der Waals surface area contributed by atoms with Gasteiger partial charge in [-0.05, 0) is 47.2 Å². The van der Waals surface area contributed by atoms with E-state index in [1.165, 1.54) is 0 Å². The maximum absolute atomic E-state index is 11.9. The molecule has 0 unspecified atom stereocenters. The normalized spacial score (nSPS) is 10.3. The van der Waals surface area contributed by atoms with Crippen LogP contribution in [-0.4, -0.2) is 19.7 Å². The van der Waals surface area contributed by atoms with E-state index in [1.807, 2.05) is 42.5 Å². The number of para-hydroxylation sites is 1. The third-order valence-corrected chi connectivity index (χ3v) is 3.35. The average molecular weight is 308 g/mol. The number of carbonyl (C=O) groups excluding carboxylic acids is 1. The molecule has 0 bridgehead atoms. The summed E-state index contributed by atoms with van der Waals surface area (Å²) in [4.78, 5) is 11.9. The highest BCUT2D eigenvalue weighted by Crippen LogP contribution is 2.25. The SMILES string of the molecule is COc1ccc2ccc(OC(=O)COc3ccccc3)cc2c1. The van der Waals surface area contributed by atoms with Gasteiger partial charge in [0.25, 0.3) is 0 Å². The lowest BCUT2D eigenvalue weighted by molar-refractivity contribution is -0.136. The molecule has 0 atom stereocenters. The van der Waals surface area contributed by atoms with Gasteiger partial charge in [0.05, 0.1) is 7.11 Å². The molecule has 4 nitrogen and oxygen atoms in total. The van der Waals surface area contributed by atoms with Crippen molar-refractivity contribution in [2.24, 2.45) is 0 Å². The molecule has 0 heterocycles. The number of methoxy groups -OCH3 is 1. The van der Waals surface area contributed by atoms with E-state index in [0.29, 0.717) is 11.5 Å². The lowest BCUT2D eigenvalue weighted by Crippen LogP contribution is -2.17. The van der Waals surface area contributed by atoms with Crippen LogP contribution in [0.1, 0.15) is 0 Å². The van der Waals surface area contributed by atoms with E-state index in [-0.39, 0.29) is 6.61 Å². The van der Waals surface area contributed by atoms with Gasteiger partial charge in [-0.1, -0.05) is 30.3 Å². The van der Waals surface area contributed by atoms with Crippen molar-refractivity contribution in [2.75, 3.05) is 13.7 Å². The van der Waals surface area contributed by atoms with Crippen LogP contribution in [0.2, 0.25) is 0 Å². The van der Waals surface area contributed by atoms with Crippen molar-refractivity contribution in [2.45, 2.75) is 0 Å². The number of hydrogen-bond acceptors (Lipinski definition) is 4. The van der Waals surface area contributed by atoms with Crippen LogP contribution in [0.15, 0.2) is 66.7 Å². The number of hydrogen-bond donors (Lipinski definition) is 0. The number of esters is 1. The molecule has 0 radical (unpaired) electrons. The number of fused-ring (bicyclic) bond motifs is 1. The molecule has 0 fully saturated rings. The third-order valence-electron chi connectivity index (χ3n) is 3.35. The molecule has 0 amide bonds. The molecule has 3 rings (SSSR count). The van der Waals surface area contributed by atoms with Crippen molar-refractivity contribution in [3.05, 3.63) is 66.7 Å². The molecule has 116 valence electrons. The van der Waals surface area contributed by atoms with Crippen molar-refractivity contribution in [1.82, 2.24) is 0 Å². The van der Waals surface area contributed by atoms with E-state index in [2.05, 4.69) is 0 Å².